The normalized spacial score (nSPS) is 17.2. The molecule has 0 aliphatic carbocycles. The van der Waals surface area contributed by atoms with E-state index in [1.165, 1.54) is 21.8 Å². The van der Waals surface area contributed by atoms with Gasteiger partial charge in [0.25, 0.3) is 0 Å². The van der Waals surface area contributed by atoms with E-state index in [4.69, 9.17) is 4.74 Å². The van der Waals surface area contributed by atoms with Gasteiger partial charge in [-0.05, 0) is 0 Å². The fraction of sp³-hybridized carbons (Fsp3) is 0.500. The van der Waals surface area contributed by atoms with Crippen molar-refractivity contribution < 1.29 is 4.74 Å². The van der Waals surface area contributed by atoms with Crippen LogP contribution >= 0.6 is 0 Å². The third kappa shape index (κ3) is 2.43. The number of ether oxygens (including phenoxy) is 1. The van der Waals surface area contributed by atoms with E-state index in [1.54, 1.807) is 3.61 Å². The fourth-order valence-electron chi connectivity index (χ4n) is 1.79. The van der Waals surface area contributed by atoms with Crippen molar-refractivity contribution in [1.82, 2.24) is 0 Å². The van der Waals surface area contributed by atoms with Crippen molar-refractivity contribution in [3.63, 3.8) is 0 Å². The molecular formula is C12H17OTe+. The summed E-state index contributed by atoms with van der Waals surface area (Å²) in [4.78, 5) is 0. The van der Waals surface area contributed by atoms with Crippen molar-refractivity contribution in [3.05, 3.63) is 24.3 Å². The monoisotopic (exact) mass is 307 g/mol. The summed E-state index contributed by atoms with van der Waals surface area (Å²) in [7, 11) is 0. The van der Waals surface area contributed by atoms with Crippen LogP contribution in [0.3, 0.4) is 0 Å². The summed E-state index contributed by atoms with van der Waals surface area (Å²) < 4.78 is 10.2. The van der Waals surface area contributed by atoms with Crippen LogP contribution < -0.4 is 8.35 Å². The molecule has 1 heterocycles. The summed E-state index contributed by atoms with van der Waals surface area (Å²) in [6.45, 7) is 2.80. The molecule has 2 rings (SSSR count). The second kappa shape index (κ2) is 5.05. The minimum absolute atomic E-state index is 0.767. The molecule has 1 aromatic rings. The van der Waals surface area contributed by atoms with Gasteiger partial charge in [-0.15, -0.1) is 0 Å². The average molecular weight is 305 g/mol. The Balaban J connectivity index is 2.05. The van der Waals surface area contributed by atoms with Gasteiger partial charge in [-0.2, -0.15) is 0 Å². The van der Waals surface area contributed by atoms with Gasteiger partial charge in [-0.25, -0.2) is 0 Å². The van der Waals surface area contributed by atoms with E-state index in [0.717, 1.165) is 12.4 Å². The Morgan fingerprint density at radius 1 is 1.14 bits per heavy atom. The molecule has 1 aliphatic heterocycles. The molecule has 0 amide bonds. The zero-order valence-electron chi connectivity index (χ0n) is 8.66. The molecule has 0 unspecified atom stereocenters. The summed E-state index contributed by atoms with van der Waals surface area (Å²) in [5.41, 5.74) is 0. The predicted octanol–water partition coefficient (Wildman–Crippen LogP) is 2.58. The van der Waals surface area contributed by atoms with E-state index in [1.807, 2.05) is 6.92 Å². The van der Waals surface area contributed by atoms with E-state index in [2.05, 4.69) is 24.3 Å². The van der Waals surface area contributed by atoms with Gasteiger partial charge in [0.15, 0.2) is 0 Å². The van der Waals surface area contributed by atoms with Gasteiger partial charge in [-0.1, -0.05) is 0 Å². The topological polar surface area (TPSA) is 9.23 Å². The first-order valence-electron chi connectivity index (χ1n) is 5.30. The molecule has 0 saturated carbocycles. The van der Waals surface area contributed by atoms with E-state index in [0.29, 0.717) is 0 Å². The zero-order chi connectivity index (χ0) is 9.80. The molecule has 1 aromatic carbocycles. The molecule has 0 bridgehead atoms. The van der Waals surface area contributed by atoms with E-state index >= 15 is 0 Å². The van der Waals surface area contributed by atoms with Gasteiger partial charge in [0.1, 0.15) is 0 Å². The van der Waals surface area contributed by atoms with Crippen molar-refractivity contribution in [1.29, 1.82) is 0 Å². The second-order valence-electron chi connectivity index (χ2n) is 3.51. The zero-order valence-corrected chi connectivity index (χ0v) is 11.0. The molecule has 0 aromatic heterocycles. The molecule has 1 nitrogen and oxygen atoms in total. The molecular weight excluding hydrogens is 288 g/mol. The van der Waals surface area contributed by atoms with Crippen molar-refractivity contribution in [2.75, 3.05) is 6.61 Å². The summed E-state index contributed by atoms with van der Waals surface area (Å²) in [5, 5.41) is 0. The molecule has 2 heteroatoms. The number of rotatable bonds is 3. The molecule has 0 N–H and O–H groups in total. The Morgan fingerprint density at radius 2 is 1.79 bits per heavy atom. The molecule has 14 heavy (non-hydrogen) atoms. The first-order valence-corrected chi connectivity index (χ1v) is 9.76. The Bertz CT molecular complexity index is 275. The maximum atomic E-state index is 5.44. The molecule has 1 aliphatic rings. The maximum absolute atomic E-state index is 5.44. The SMILES string of the molecule is CCOc1ccc([Te+]2CCCC2)cc1. The van der Waals surface area contributed by atoms with E-state index < -0.39 is 19.6 Å². The predicted molar refractivity (Wildman–Crippen MR) is 61.8 cm³/mol. The Kier molecular flexibility index (Phi) is 3.73. The molecule has 0 atom stereocenters. The summed E-state index contributed by atoms with van der Waals surface area (Å²) >= 11 is -0.837. The van der Waals surface area contributed by atoms with Crippen LogP contribution in [0.25, 0.3) is 0 Å². The van der Waals surface area contributed by atoms with Crippen LogP contribution in [0.5, 0.6) is 5.75 Å². The van der Waals surface area contributed by atoms with Gasteiger partial charge in [0.2, 0.25) is 0 Å². The standard InChI is InChI=1S/C12H17OTe/c1-2-13-11-5-7-12(8-6-11)14-9-3-4-10-14/h5-8H,2-4,9-10H2,1H3/q+1. The number of hydrogen-bond acceptors (Lipinski definition) is 1. The Labute approximate surface area is 93.1 Å². The molecule has 0 radical (unpaired) electrons. The van der Waals surface area contributed by atoms with Crippen molar-refractivity contribution in [3.8, 4) is 5.75 Å². The average Bonchev–Trinajstić information content (AvgIpc) is 2.72. The third-order valence-electron chi connectivity index (χ3n) is 2.50. The van der Waals surface area contributed by atoms with Crippen LogP contribution in [0.15, 0.2) is 24.3 Å². The molecule has 1 fully saturated rings. The van der Waals surface area contributed by atoms with Crippen LogP contribution in [-0.4, -0.2) is 26.2 Å². The van der Waals surface area contributed by atoms with Crippen molar-refractivity contribution in [2.24, 2.45) is 0 Å². The Morgan fingerprint density at radius 3 is 2.36 bits per heavy atom. The Hall–Kier alpha value is -0.190. The van der Waals surface area contributed by atoms with Crippen LogP contribution in [0.2, 0.25) is 8.94 Å². The minimum atomic E-state index is -0.837. The second-order valence-corrected chi connectivity index (χ2v) is 10.0. The third-order valence-corrected chi connectivity index (χ3v) is 9.64. The van der Waals surface area contributed by atoms with Crippen LogP contribution in [0, 0.1) is 0 Å². The van der Waals surface area contributed by atoms with Crippen molar-refractivity contribution in [2.45, 2.75) is 28.7 Å². The van der Waals surface area contributed by atoms with Gasteiger partial charge in [-0.3, -0.25) is 0 Å². The summed E-state index contributed by atoms with van der Waals surface area (Å²) in [6, 6.07) is 8.87. The van der Waals surface area contributed by atoms with Crippen LogP contribution in [0.1, 0.15) is 19.8 Å². The molecule has 1 saturated heterocycles. The molecule has 0 spiro atoms. The fourth-order valence-corrected chi connectivity index (χ4v) is 8.35. The van der Waals surface area contributed by atoms with Gasteiger partial charge in [0.05, 0.1) is 0 Å². The van der Waals surface area contributed by atoms with Gasteiger partial charge >= 0.3 is 93.2 Å². The first-order chi connectivity index (χ1) is 6.90. The van der Waals surface area contributed by atoms with Gasteiger partial charge < -0.3 is 0 Å². The quantitative estimate of drug-likeness (QED) is 0.780. The summed E-state index contributed by atoms with van der Waals surface area (Å²) in [5.74, 6) is 1.02. The number of benzene rings is 1. The summed E-state index contributed by atoms with van der Waals surface area (Å²) in [6.07, 6.45) is 2.95. The van der Waals surface area contributed by atoms with Crippen LogP contribution in [0.4, 0.5) is 0 Å². The molecule has 76 valence electrons. The van der Waals surface area contributed by atoms with E-state index in [9.17, 15) is 0 Å². The first kappa shape index (κ1) is 10.3. The van der Waals surface area contributed by atoms with Gasteiger partial charge in [0, 0.05) is 0 Å². The van der Waals surface area contributed by atoms with Crippen molar-refractivity contribution >= 4 is 23.2 Å². The van der Waals surface area contributed by atoms with E-state index in [-0.39, 0.29) is 0 Å². The van der Waals surface area contributed by atoms with Crippen LogP contribution in [-0.2, 0) is 0 Å². The number of hydrogen-bond donors (Lipinski definition) is 0.